The van der Waals surface area contributed by atoms with E-state index in [0.717, 1.165) is 17.0 Å². The normalized spacial score (nSPS) is 11.4. The zero-order valence-corrected chi connectivity index (χ0v) is 17.6. The minimum absolute atomic E-state index is 0.463. The zero-order chi connectivity index (χ0) is 22.4. The summed E-state index contributed by atoms with van der Waals surface area (Å²) in [5, 5.41) is 15.5. The molecule has 0 aliphatic carbocycles. The summed E-state index contributed by atoms with van der Waals surface area (Å²) in [5.41, 5.74) is 3.31. The van der Waals surface area contributed by atoms with Gasteiger partial charge in [-0.3, -0.25) is 4.79 Å². The van der Waals surface area contributed by atoms with Gasteiger partial charge < -0.3 is 14.4 Å². The lowest BCUT2D eigenvalue weighted by molar-refractivity contribution is -0.136. The SMILES string of the molecule is COc1ccc(-n2ccc(/C=N\NC(=O)C(O)(c3ccccc3)c3ccccc3)c2)cc1. The smallest absolute Gasteiger partial charge is 0.281 e. The zero-order valence-electron chi connectivity index (χ0n) is 17.6. The molecule has 0 saturated heterocycles. The van der Waals surface area contributed by atoms with Crippen LogP contribution in [0, 0.1) is 0 Å². The Bertz CT molecular complexity index is 1160. The van der Waals surface area contributed by atoms with Crippen LogP contribution in [0.3, 0.4) is 0 Å². The molecule has 6 heteroatoms. The summed E-state index contributed by atoms with van der Waals surface area (Å²) >= 11 is 0. The second-order valence-electron chi connectivity index (χ2n) is 7.19. The summed E-state index contributed by atoms with van der Waals surface area (Å²) in [6, 6.07) is 27.2. The van der Waals surface area contributed by atoms with Crippen molar-refractivity contribution in [2.24, 2.45) is 5.10 Å². The molecule has 0 aliphatic rings. The van der Waals surface area contributed by atoms with Crippen molar-refractivity contribution in [2.75, 3.05) is 7.11 Å². The van der Waals surface area contributed by atoms with Gasteiger partial charge >= 0.3 is 0 Å². The number of aromatic nitrogens is 1. The molecule has 160 valence electrons. The highest BCUT2D eigenvalue weighted by molar-refractivity contribution is 5.91. The van der Waals surface area contributed by atoms with Crippen LogP contribution >= 0.6 is 0 Å². The molecule has 0 bridgehead atoms. The van der Waals surface area contributed by atoms with Gasteiger partial charge in [-0.1, -0.05) is 60.7 Å². The van der Waals surface area contributed by atoms with E-state index in [-0.39, 0.29) is 0 Å². The Hall–Kier alpha value is -4.16. The summed E-state index contributed by atoms with van der Waals surface area (Å²) in [6.45, 7) is 0. The molecule has 4 aromatic rings. The average molecular weight is 425 g/mol. The first-order valence-electron chi connectivity index (χ1n) is 10.1. The maximum atomic E-state index is 13.1. The van der Waals surface area contributed by atoms with Gasteiger partial charge in [0.05, 0.1) is 13.3 Å². The molecule has 3 aromatic carbocycles. The van der Waals surface area contributed by atoms with Crippen molar-refractivity contribution in [1.29, 1.82) is 0 Å². The van der Waals surface area contributed by atoms with E-state index in [0.29, 0.717) is 11.1 Å². The number of rotatable bonds is 7. The second-order valence-corrected chi connectivity index (χ2v) is 7.19. The van der Waals surface area contributed by atoms with Crippen LogP contribution in [0.15, 0.2) is 108 Å². The van der Waals surface area contributed by atoms with Crippen LogP contribution < -0.4 is 10.2 Å². The van der Waals surface area contributed by atoms with Gasteiger partial charge in [-0.05, 0) is 41.5 Å². The number of hydrogen-bond acceptors (Lipinski definition) is 4. The Morgan fingerprint density at radius 3 is 2.09 bits per heavy atom. The number of benzene rings is 3. The molecule has 32 heavy (non-hydrogen) atoms. The van der Waals surface area contributed by atoms with Gasteiger partial charge in [-0.25, -0.2) is 5.43 Å². The van der Waals surface area contributed by atoms with Crippen LogP contribution in [0.5, 0.6) is 5.75 Å². The van der Waals surface area contributed by atoms with Crippen molar-refractivity contribution in [3.8, 4) is 11.4 Å². The molecule has 0 fully saturated rings. The van der Waals surface area contributed by atoms with Crippen LogP contribution in [0.4, 0.5) is 0 Å². The van der Waals surface area contributed by atoms with Crippen molar-refractivity contribution < 1.29 is 14.6 Å². The number of ether oxygens (including phenoxy) is 1. The van der Waals surface area contributed by atoms with E-state index in [2.05, 4.69) is 10.5 Å². The highest BCUT2D eigenvalue weighted by Crippen LogP contribution is 2.29. The molecular weight excluding hydrogens is 402 g/mol. The summed E-state index contributed by atoms with van der Waals surface area (Å²) in [4.78, 5) is 13.1. The van der Waals surface area contributed by atoms with E-state index in [1.54, 1.807) is 55.6 Å². The van der Waals surface area contributed by atoms with Crippen LogP contribution in [0.2, 0.25) is 0 Å². The first kappa shape index (κ1) is 21.1. The van der Waals surface area contributed by atoms with Gasteiger partial charge in [-0.2, -0.15) is 5.10 Å². The second kappa shape index (κ2) is 9.32. The maximum absolute atomic E-state index is 13.1. The van der Waals surface area contributed by atoms with E-state index in [4.69, 9.17) is 4.74 Å². The molecule has 1 heterocycles. The van der Waals surface area contributed by atoms with E-state index in [9.17, 15) is 9.90 Å². The van der Waals surface area contributed by atoms with Crippen LogP contribution in [0.1, 0.15) is 16.7 Å². The fraction of sp³-hybridized carbons (Fsp3) is 0.0769. The Kier molecular flexibility index (Phi) is 6.14. The van der Waals surface area contributed by atoms with Crippen molar-refractivity contribution in [3.63, 3.8) is 0 Å². The number of amides is 1. The number of carbonyl (C=O) groups is 1. The Morgan fingerprint density at radius 2 is 1.53 bits per heavy atom. The monoisotopic (exact) mass is 425 g/mol. The number of aliphatic hydroxyl groups is 1. The number of nitrogens with one attached hydrogen (secondary N) is 1. The van der Waals surface area contributed by atoms with E-state index < -0.39 is 11.5 Å². The fourth-order valence-electron chi connectivity index (χ4n) is 3.44. The minimum Gasteiger partial charge on any atom is -0.497 e. The number of methoxy groups -OCH3 is 1. The third kappa shape index (κ3) is 4.31. The van der Waals surface area contributed by atoms with E-state index in [1.807, 2.05) is 59.4 Å². The van der Waals surface area contributed by atoms with Crippen molar-refractivity contribution >= 4 is 12.1 Å². The average Bonchev–Trinajstić information content (AvgIpc) is 3.33. The lowest BCUT2D eigenvalue weighted by Gasteiger charge is -2.27. The summed E-state index contributed by atoms with van der Waals surface area (Å²) in [7, 11) is 1.63. The molecule has 0 unspecified atom stereocenters. The molecule has 4 rings (SSSR count). The van der Waals surface area contributed by atoms with Crippen molar-refractivity contribution in [1.82, 2.24) is 9.99 Å². The third-order valence-electron chi connectivity index (χ3n) is 5.18. The van der Waals surface area contributed by atoms with Gasteiger partial charge in [0, 0.05) is 23.6 Å². The number of hydrogen-bond donors (Lipinski definition) is 2. The fourth-order valence-corrected chi connectivity index (χ4v) is 3.44. The predicted molar refractivity (Wildman–Crippen MR) is 124 cm³/mol. The number of hydrazone groups is 1. The molecule has 0 atom stereocenters. The van der Waals surface area contributed by atoms with Gasteiger partial charge in [0.1, 0.15) is 5.75 Å². The summed E-state index contributed by atoms with van der Waals surface area (Å²) < 4.78 is 7.12. The molecule has 1 amide bonds. The maximum Gasteiger partial charge on any atom is 0.281 e. The topological polar surface area (TPSA) is 75.8 Å². The first-order chi connectivity index (χ1) is 15.6. The molecule has 2 N–H and O–H groups in total. The van der Waals surface area contributed by atoms with Gasteiger partial charge in [-0.15, -0.1) is 0 Å². The Labute approximate surface area is 186 Å². The highest BCUT2D eigenvalue weighted by atomic mass is 16.5. The summed E-state index contributed by atoms with van der Waals surface area (Å²) in [5.74, 6) is 0.149. The van der Waals surface area contributed by atoms with Crippen molar-refractivity contribution in [3.05, 3.63) is 120 Å². The Balaban J connectivity index is 1.52. The quantitative estimate of drug-likeness (QED) is 0.349. The molecule has 0 spiro atoms. The third-order valence-corrected chi connectivity index (χ3v) is 5.18. The molecule has 0 saturated carbocycles. The summed E-state index contributed by atoms with van der Waals surface area (Å²) in [6.07, 6.45) is 5.32. The van der Waals surface area contributed by atoms with Crippen LogP contribution in [-0.2, 0) is 10.4 Å². The highest BCUT2D eigenvalue weighted by Gasteiger charge is 2.39. The molecular formula is C26H23N3O3. The number of nitrogens with zero attached hydrogens (tertiary/aromatic N) is 2. The minimum atomic E-state index is -1.87. The van der Waals surface area contributed by atoms with Crippen LogP contribution in [-0.4, -0.2) is 28.9 Å². The van der Waals surface area contributed by atoms with Gasteiger partial charge in [0.15, 0.2) is 5.60 Å². The van der Waals surface area contributed by atoms with E-state index in [1.165, 1.54) is 6.21 Å². The van der Waals surface area contributed by atoms with Crippen molar-refractivity contribution in [2.45, 2.75) is 5.60 Å². The lowest BCUT2D eigenvalue weighted by atomic mass is 9.85. The molecule has 0 aliphatic heterocycles. The largest absolute Gasteiger partial charge is 0.497 e. The molecule has 0 radical (unpaired) electrons. The van der Waals surface area contributed by atoms with Gasteiger partial charge in [0.2, 0.25) is 0 Å². The standard InChI is InChI=1S/C26H23N3O3/c1-32-24-14-12-23(13-15-24)29-17-16-20(19-29)18-27-28-25(30)26(31,21-8-4-2-5-9-21)22-10-6-3-7-11-22/h2-19,31H,1H3,(H,28,30)/b27-18-. The molecule has 1 aromatic heterocycles. The number of carbonyl (C=O) groups excluding carboxylic acids is 1. The predicted octanol–water partition coefficient (Wildman–Crippen LogP) is 3.87. The first-order valence-corrected chi connectivity index (χ1v) is 10.1. The van der Waals surface area contributed by atoms with Gasteiger partial charge in [0.25, 0.3) is 5.91 Å². The molecule has 6 nitrogen and oxygen atoms in total. The Morgan fingerprint density at radius 1 is 0.938 bits per heavy atom. The van der Waals surface area contributed by atoms with Crippen LogP contribution in [0.25, 0.3) is 5.69 Å². The van der Waals surface area contributed by atoms with E-state index >= 15 is 0 Å². The lowest BCUT2D eigenvalue weighted by Crippen LogP contribution is -2.43.